The van der Waals surface area contributed by atoms with E-state index in [2.05, 4.69) is 0 Å². The second-order valence-corrected chi connectivity index (χ2v) is 5.71. The summed E-state index contributed by atoms with van der Waals surface area (Å²) in [6, 6.07) is 10.1. The number of methoxy groups -OCH3 is 1. The van der Waals surface area contributed by atoms with Gasteiger partial charge in [0.2, 0.25) is 0 Å². The van der Waals surface area contributed by atoms with E-state index in [9.17, 15) is 9.50 Å². The van der Waals surface area contributed by atoms with Crippen LogP contribution in [-0.4, -0.2) is 12.2 Å². The first-order valence-corrected chi connectivity index (χ1v) is 6.96. The Balaban J connectivity index is 2.34. The predicted octanol–water partition coefficient (Wildman–Crippen LogP) is 3.90. The smallest absolute Gasteiger partial charge is 0.123 e. The van der Waals surface area contributed by atoms with Gasteiger partial charge < -0.3 is 9.84 Å². The summed E-state index contributed by atoms with van der Waals surface area (Å²) in [5.41, 5.74) is 2.71. The molecule has 0 spiro atoms. The van der Waals surface area contributed by atoms with Crippen molar-refractivity contribution in [2.24, 2.45) is 0 Å². The molecule has 0 aliphatic heterocycles. The molecule has 2 rings (SSSR count). The molecule has 0 aliphatic rings. The summed E-state index contributed by atoms with van der Waals surface area (Å²) < 4.78 is 18.3. The number of halogens is 1. The second-order valence-electron chi connectivity index (χ2n) is 5.71. The van der Waals surface area contributed by atoms with Crippen molar-refractivity contribution in [3.8, 4) is 5.75 Å². The highest BCUT2D eigenvalue weighted by Gasteiger charge is 2.26. The standard InChI is InChI=1S/C18H21FO2/c1-12-10-17(21-4)13(2)9-16(12)18(3,20)11-14-5-7-15(19)8-6-14/h5-10,20H,11H2,1-4H3. The average Bonchev–Trinajstić information content (AvgIpc) is 2.43. The summed E-state index contributed by atoms with van der Waals surface area (Å²) in [5.74, 6) is 0.545. The fourth-order valence-electron chi connectivity index (χ4n) is 2.68. The molecule has 3 heteroatoms. The zero-order chi connectivity index (χ0) is 15.6. The van der Waals surface area contributed by atoms with Crippen molar-refractivity contribution in [3.05, 3.63) is 64.5 Å². The molecule has 0 aliphatic carbocycles. The molecule has 0 fully saturated rings. The number of ether oxygens (including phenoxy) is 1. The molecular weight excluding hydrogens is 267 g/mol. The predicted molar refractivity (Wildman–Crippen MR) is 82.1 cm³/mol. The molecular formula is C18H21FO2. The summed E-state index contributed by atoms with van der Waals surface area (Å²) >= 11 is 0. The Hall–Kier alpha value is -1.87. The Labute approximate surface area is 125 Å². The van der Waals surface area contributed by atoms with E-state index in [0.29, 0.717) is 6.42 Å². The maximum Gasteiger partial charge on any atom is 0.123 e. The highest BCUT2D eigenvalue weighted by molar-refractivity contribution is 5.44. The van der Waals surface area contributed by atoms with Gasteiger partial charge >= 0.3 is 0 Å². The molecule has 1 N–H and O–H groups in total. The van der Waals surface area contributed by atoms with Crippen LogP contribution < -0.4 is 4.74 Å². The van der Waals surface area contributed by atoms with Crippen LogP contribution in [0.3, 0.4) is 0 Å². The van der Waals surface area contributed by atoms with Crippen LogP contribution in [0.1, 0.15) is 29.2 Å². The normalized spacial score (nSPS) is 13.8. The molecule has 21 heavy (non-hydrogen) atoms. The number of aryl methyl sites for hydroxylation is 2. The number of rotatable bonds is 4. The number of hydrogen-bond acceptors (Lipinski definition) is 2. The maximum absolute atomic E-state index is 13.0. The maximum atomic E-state index is 13.0. The zero-order valence-corrected chi connectivity index (χ0v) is 12.9. The molecule has 2 aromatic rings. The minimum absolute atomic E-state index is 0.269. The largest absolute Gasteiger partial charge is 0.496 e. The molecule has 0 aromatic heterocycles. The van der Waals surface area contributed by atoms with Crippen molar-refractivity contribution < 1.29 is 14.2 Å². The van der Waals surface area contributed by atoms with Crippen molar-refractivity contribution in [2.75, 3.05) is 7.11 Å². The van der Waals surface area contributed by atoms with Crippen LogP contribution in [0.4, 0.5) is 4.39 Å². The Kier molecular flexibility index (Phi) is 4.33. The van der Waals surface area contributed by atoms with Crippen LogP contribution in [0, 0.1) is 19.7 Å². The van der Waals surface area contributed by atoms with Crippen LogP contribution in [0.5, 0.6) is 5.75 Å². The Morgan fingerprint density at radius 3 is 2.29 bits per heavy atom. The summed E-state index contributed by atoms with van der Waals surface area (Å²) in [5, 5.41) is 10.8. The van der Waals surface area contributed by atoms with E-state index in [1.165, 1.54) is 12.1 Å². The van der Waals surface area contributed by atoms with Crippen molar-refractivity contribution in [1.29, 1.82) is 0 Å². The first-order valence-electron chi connectivity index (χ1n) is 6.96. The summed E-state index contributed by atoms with van der Waals surface area (Å²) in [4.78, 5) is 0. The summed E-state index contributed by atoms with van der Waals surface area (Å²) in [7, 11) is 1.64. The van der Waals surface area contributed by atoms with Crippen molar-refractivity contribution in [1.82, 2.24) is 0 Å². The second kappa shape index (κ2) is 5.86. The first kappa shape index (κ1) is 15.5. The highest BCUT2D eigenvalue weighted by atomic mass is 19.1. The Morgan fingerprint density at radius 1 is 1.10 bits per heavy atom. The van der Waals surface area contributed by atoms with Gasteiger partial charge in [-0.25, -0.2) is 4.39 Å². The quantitative estimate of drug-likeness (QED) is 0.924. The van der Waals surface area contributed by atoms with E-state index in [0.717, 1.165) is 28.0 Å². The molecule has 2 aromatic carbocycles. The van der Waals surface area contributed by atoms with Crippen LogP contribution in [0.2, 0.25) is 0 Å². The highest BCUT2D eigenvalue weighted by Crippen LogP contribution is 2.32. The Bertz CT molecular complexity index is 630. The van der Waals surface area contributed by atoms with Crippen LogP contribution in [-0.2, 0) is 12.0 Å². The SMILES string of the molecule is COc1cc(C)c(C(C)(O)Cc2ccc(F)cc2)cc1C. The summed E-state index contributed by atoms with van der Waals surface area (Å²) in [6.07, 6.45) is 0.430. The molecule has 0 saturated heterocycles. The lowest BCUT2D eigenvalue weighted by atomic mass is 9.85. The van der Waals surface area contributed by atoms with E-state index >= 15 is 0 Å². The third-order valence-electron chi connectivity index (χ3n) is 3.78. The van der Waals surface area contributed by atoms with Gasteiger partial charge in [0.15, 0.2) is 0 Å². The lowest BCUT2D eigenvalue weighted by molar-refractivity contribution is 0.0568. The molecule has 0 saturated carbocycles. The summed E-state index contributed by atoms with van der Waals surface area (Å²) in [6.45, 7) is 5.69. The van der Waals surface area contributed by atoms with E-state index in [1.807, 2.05) is 26.0 Å². The molecule has 1 atom stereocenters. The minimum atomic E-state index is -1.01. The molecule has 0 amide bonds. The molecule has 0 radical (unpaired) electrons. The number of hydrogen-bond donors (Lipinski definition) is 1. The minimum Gasteiger partial charge on any atom is -0.496 e. The molecule has 0 heterocycles. The van der Waals surface area contributed by atoms with E-state index in [-0.39, 0.29) is 5.82 Å². The fraction of sp³-hybridized carbons (Fsp3) is 0.333. The molecule has 2 nitrogen and oxygen atoms in total. The molecule has 1 unspecified atom stereocenters. The van der Waals surface area contributed by atoms with Crippen LogP contribution >= 0.6 is 0 Å². The number of aliphatic hydroxyl groups is 1. The van der Waals surface area contributed by atoms with Gasteiger partial charge in [0.05, 0.1) is 12.7 Å². The van der Waals surface area contributed by atoms with E-state index in [1.54, 1.807) is 26.2 Å². The fourth-order valence-corrected chi connectivity index (χ4v) is 2.68. The van der Waals surface area contributed by atoms with Gasteiger partial charge in [-0.05, 0) is 67.3 Å². The monoisotopic (exact) mass is 288 g/mol. The van der Waals surface area contributed by atoms with Crippen molar-refractivity contribution in [2.45, 2.75) is 32.8 Å². The van der Waals surface area contributed by atoms with Crippen LogP contribution in [0.15, 0.2) is 36.4 Å². The third kappa shape index (κ3) is 3.42. The van der Waals surface area contributed by atoms with Gasteiger partial charge in [-0.3, -0.25) is 0 Å². The van der Waals surface area contributed by atoms with Gasteiger partial charge in [0, 0.05) is 6.42 Å². The van der Waals surface area contributed by atoms with Gasteiger partial charge in [0.25, 0.3) is 0 Å². The average molecular weight is 288 g/mol. The van der Waals surface area contributed by atoms with Gasteiger partial charge in [-0.2, -0.15) is 0 Å². The Morgan fingerprint density at radius 2 is 1.71 bits per heavy atom. The third-order valence-corrected chi connectivity index (χ3v) is 3.78. The van der Waals surface area contributed by atoms with Gasteiger partial charge in [-0.15, -0.1) is 0 Å². The topological polar surface area (TPSA) is 29.5 Å². The zero-order valence-electron chi connectivity index (χ0n) is 12.9. The molecule has 112 valence electrons. The van der Waals surface area contributed by atoms with E-state index in [4.69, 9.17) is 4.74 Å². The molecule has 0 bridgehead atoms. The van der Waals surface area contributed by atoms with E-state index < -0.39 is 5.60 Å². The lowest BCUT2D eigenvalue weighted by Gasteiger charge is -2.27. The van der Waals surface area contributed by atoms with Crippen molar-refractivity contribution >= 4 is 0 Å². The van der Waals surface area contributed by atoms with Gasteiger partial charge in [0.1, 0.15) is 11.6 Å². The number of benzene rings is 2. The van der Waals surface area contributed by atoms with Crippen molar-refractivity contribution in [3.63, 3.8) is 0 Å². The lowest BCUT2D eigenvalue weighted by Crippen LogP contribution is -2.25. The first-order chi connectivity index (χ1) is 9.83. The van der Waals surface area contributed by atoms with Crippen LogP contribution in [0.25, 0.3) is 0 Å². The van der Waals surface area contributed by atoms with Gasteiger partial charge in [-0.1, -0.05) is 12.1 Å².